The van der Waals surface area contributed by atoms with Crippen LogP contribution in [0.4, 0.5) is 5.69 Å². The Labute approximate surface area is 86.3 Å². The molecule has 0 bridgehead atoms. The highest BCUT2D eigenvalue weighted by molar-refractivity contribution is 6.37. The summed E-state index contributed by atoms with van der Waals surface area (Å²) >= 11 is 0. The molecule has 1 aromatic carbocycles. The second-order valence-electron chi connectivity index (χ2n) is 2.64. The minimum Gasteiger partial charge on any atom is -0.462 e. The second-order valence-corrected chi connectivity index (χ2v) is 2.64. The topological polar surface area (TPSA) is 79.2 Å². The lowest BCUT2D eigenvalue weighted by Gasteiger charge is -2.02. The third-order valence-corrected chi connectivity index (χ3v) is 1.62. The van der Waals surface area contributed by atoms with E-state index in [1.807, 2.05) is 6.07 Å². The van der Waals surface area contributed by atoms with Gasteiger partial charge in [-0.05, 0) is 18.2 Å². The predicted octanol–water partition coefficient (Wildman–Crippen LogP) is 0.670. The number of nitriles is 1. The lowest BCUT2D eigenvalue weighted by atomic mass is 10.2. The van der Waals surface area contributed by atoms with E-state index in [1.165, 1.54) is 6.07 Å². The number of hydrogen-bond acceptors (Lipinski definition) is 4. The highest BCUT2D eigenvalue weighted by Crippen LogP contribution is 2.09. The molecule has 0 aromatic heterocycles. The first kappa shape index (κ1) is 10.7. The highest BCUT2D eigenvalue weighted by atomic mass is 16.5. The van der Waals surface area contributed by atoms with Crippen LogP contribution in [0.1, 0.15) is 5.56 Å². The lowest BCUT2D eigenvalue weighted by Crippen LogP contribution is -2.23. The Bertz CT molecular complexity index is 435. The first-order chi connectivity index (χ1) is 7.17. The zero-order chi connectivity index (χ0) is 11.3. The summed E-state index contributed by atoms with van der Waals surface area (Å²) in [7, 11) is 1.12. The van der Waals surface area contributed by atoms with Crippen molar-refractivity contribution in [2.75, 3.05) is 12.4 Å². The number of nitrogens with zero attached hydrogens (tertiary/aromatic N) is 1. The molecular formula is C10H8N2O3. The molecule has 5 heteroatoms. The van der Waals surface area contributed by atoms with Gasteiger partial charge in [0.05, 0.1) is 18.7 Å². The van der Waals surface area contributed by atoms with Gasteiger partial charge in [-0.3, -0.25) is 4.79 Å². The predicted molar refractivity (Wildman–Crippen MR) is 51.8 cm³/mol. The fourth-order valence-electron chi connectivity index (χ4n) is 0.941. The second kappa shape index (κ2) is 4.77. The fourth-order valence-corrected chi connectivity index (χ4v) is 0.941. The summed E-state index contributed by atoms with van der Waals surface area (Å²) in [6, 6.07) is 8.14. The van der Waals surface area contributed by atoms with Gasteiger partial charge in [-0.2, -0.15) is 5.26 Å². The van der Waals surface area contributed by atoms with Crippen LogP contribution in [0.2, 0.25) is 0 Å². The van der Waals surface area contributed by atoms with E-state index < -0.39 is 11.9 Å². The van der Waals surface area contributed by atoms with Crippen molar-refractivity contribution in [1.29, 1.82) is 5.26 Å². The molecule has 0 unspecified atom stereocenters. The Morgan fingerprint density at radius 1 is 1.47 bits per heavy atom. The summed E-state index contributed by atoms with van der Waals surface area (Å²) in [5, 5.41) is 10.9. The van der Waals surface area contributed by atoms with Crippen molar-refractivity contribution in [1.82, 2.24) is 0 Å². The Hall–Kier alpha value is -2.35. The maximum Gasteiger partial charge on any atom is 0.396 e. The normalized spacial score (nSPS) is 8.80. The van der Waals surface area contributed by atoms with Gasteiger partial charge in [0.15, 0.2) is 0 Å². The Morgan fingerprint density at radius 2 is 2.20 bits per heavy atom. The SMILES string of the molecule is COC(=O)C(=O)Nc1cccc(C#N)c1. The molecule has 0 aliphatic heterocycles. The van der Waals surface area contributed by atoms with Crippen molar-refractivity contribution < 1.29 is 14.3 Å². The third kappa shape index (κ3) is 2.81. The van der Waals surface area contributed by atoms with E-state index in [0.717, 1.165) is 7.11 Å². The molecule has 0 spiro atoms. The molecular weight excluding hydrogens is 196 g/mol. The van der Waals surface area contributed by atoms with Crippen molar-refractivity contribution >= 4 is 17.6 Å². The maximum atomic E-state index is 11.1. The molecule has 1 aromatic rings. The summed E-state index contributed by atoms with van der Waals surface area (Å²) in [6.45, 7) is 0. The van der Waals surface area contributed by atoms with Crippen LogP contribution < -0.4 is 5.32 Å². The van der Waals surface area contributed by atoms with Gasteiger partial charge in [-0.15, -0.1) is 0 Å². The van der Waals surface area contributed by atoms with Crippen molar-refractivity contribution in [2.45, 2.75) is 0 Å². The van der Waals surface area contributed by atoms with Crippen molar-refractivity contribution in [3.63, 3.8) is 0 Å². The van der Waals surface area contributed by atoms with E-state index in [0.29, 0.717) is 11.3 Å². The van der Waals surface area contributed by atoms with Gasteiger partial charge < -0.3 is 10.1 Å². The maximum absolute atomic E-state index is 11.1. The molecule has 0 aliphatic rings. The van der Waals surface area contributed by atoms with Crippen LogP contribution in [0.25, 0.3) is 0 Å². The van der Waals surface area contributed by atoms with E-state index in [1.54, 1.807) is 18.2 Å². The van der Waals surface area contributed by atoms with Gasteiger partial charge in [0.25, 0.3) is 0 Å². The van der Waals surface area contributed by atoms with Gasteiger partial charge in [0.2, 0.25) is 0 Å². The molecule has 0 fully saturated rings. The molecule has 1 rings (SSSR count). The van der Waals surface area contributed by atoms with Crippen LogP contribution in [0.15, 0.2) is 24.3 Å². The van der Waals surface area contributed by atoms with Crippen LogP contribution in [0, 0.1) is 11.3 Å². The number of carbonyl (C=O) groups is 2. The number of methoxy groups -OCH3 is 1. The molecule has 0 saturated heterocycles. The van der Waals surface area contributed by atoms with Crippen molar-refractivity contribution in [3.05, 3.63) is 29.8 Å². The summed E-state index contributed by atoms with van der Waals surface area (Å²) in [4.78, 5) is 21.8. The minimum atomic E-state index is -0.975. The number of ether oxygens (including phenoxy) is 1. The smallest absolute Gasteiger partial charge is 0.396 e. The number of hydrogen-bond donors (Lipinski definition) is 1. The third-order valence-electron chi connectivity index (χ3n) is 1.62. The number of anilines is 1. The molecule has 1 N–H and O–H groups in total. The van der Waals surface area contributed by atoms with Gasteiger partial charge in [-0.1, -0.05) is 6.07 Å². The monoisotopic (exact) mass is 204 g/mol. The Balaban J connectivity index is 2.77. The van der Waals surface area contributed by atoms with Crippen LogP contribution >= 0.6 is 0 Å². The standard InChI is InChI=1S/C10H8N2O3/c1-15-10(14)9(13)12-8-4-2-3-7(5-8)6-11/h2-5H,1H3,(H,12,13). The van der Waals surface area contributed by atoms with Crippen LogP contribution in [0.5, 0.6) is 0 Å². The molecule has 0 aliphatic carbocycles. The lowest BCUT2D eigenvalue weighted by molar-refractivity contribution is -0.150. The first-order valence-corrected chi connectivity index (χ1v) is 4.07. The van der Waals surface area contributed by atoms with E-state index in [-0.39, 0.29) is 0 Å². The fraction of sp³-hybridized carbons (Fsp3) is 0.100. The zero-order valence-electron chi connectivity index (χ0n) is 7.98. The van der Waals surface area contributed by atoms with Crippen molar-refractivity contribution in [3.8, 4) is 6.07 Å². The van der Waals surface area contributed by atoms with Crippen LogP contribution in [-0.2, 0) is 14.3 Å². The summed E-state index contributed by atoms with van der Waals surface area (Å²) in [6.07, 6.45) is 0. The molecule has 0 saturated carbocycles. The number of benzene rings is 1. The van der Waals surface area contributed by atoms with Gasteiger partial charge in [-0.25, -0.2) is 4.79 Å². The number of carbonyl (C=O) groups excluding carboxylic acids is 2. The highest BCUT2D eigenvalue weighted by Gasteiger charge is 2.13. The van der Waals surface area contributed by atoms with Gasteiger partial charge in [0, 0.05) is 5.69 Å². The first-order valence-electron chi connectivity index (χ1n) is 4.07. The molecule has 15 heavy (non-hydrogen) atoms. The summed E-state index contributed by atoms with van der Waals surface area (Å²) in [5.74, 6) is -1.84. The number of amides is 1. The van der Waals surface area contributed by atoms with E-state index in [4.69, 9.17) is 5.26 Å². The minimum absolute atomic E-state index is 0.379. The number of rotatable bonds is 1. The number of esters is 1. The summed E-state index contributed by atoms with van der Waals surface area (Å²) < 4.78 is 4.22. The van der Waals surface area contributed by atoms with Gasteiger partial charge in [0.1, 0.15) is 0 Å². The number of nitrogens with one attached hydrogen (secondary N) is 1. The quantitative estimate of drug-likeness (QED) is 0.538. The zero-order valence-corrected chi connectivity index (χ0v) is 7.98. The molecule has 0 radical (unpaired) electrons. The average molecular weight is 204 g/mol. The van der Waals surface area contributed by atoms with Crippen LogP contribution in [-0.4, -0.2) is 19.0 Å². The molecule has 76 valence electrons. The van der Waals surface area contributed by atoms with Crippen molar-refractivity contribution in [2.24, 2.45) is 0 Å². The average Bonchev–Trinajstić information content (AvgIpc) is 2.28. The van der Waals surface area contributed by atoms with E-state index in [9.17, 15) is 9.59 Å². The Kier molecular flexibility index (Phi) is 3.41. The van der Waals surface area contributed by atoms with E-state index in [2.05, 4.69) is 10.1 Å². The van der Waals surface area contributed by atoms with E-state index >= 15 is 0 Å². The largest absolute Gasteiger partial charge is 0.462 e. The summed E-state index contributed by atoms with van der Waals surface area (Å²) in [5.41, 5.74) is 0.780. The molecule has 0 atom stereocenters. The molecule has 5 nitrogen and oxygen atoms in total. The molecule has 0 heterocycles. The Morgan fingerprint density at radius 3 is 2.80 bits per heavy atom. The molecule has 1 amide bonds. The van der Waals surface area contributed by atoms with Gasteiger partial charge >= 0.3 is 11.9 Å². The van der Waals surface area contributed by atoms with Crippen LogP contribution in [0.3, 0.4) is 0 Å².